The van der Waals surface area contributed by atoms with Crippen LogP contribution in [0, 0.1) is 13.5 Å². The van der Waals surface area contributed by atoms with Crippen LogP contribution in [0.2, 0.25) is 0 Å². The molecule has 0 aliphatic heterocycles. The molecule has 8 heteroatoms. The second kappa shape index (κ2) is 21.3. The predicted octanol–water partition coefficient (Wildman–Crippen LogP) is 4.79. The van der Waals surface area contributed by atoms with E-state index in [0.717, 1.165) is 92.5 Å². The van der Waals surface area contributed by atoms with Gasteiger partial charge in [0.25, 0.3) is 0 Å². The molecule has 234 valence electrons. The Hall–Kier alpha value is -1.42. The fraction of sp³-hybridized carbons (Fsp3) is 0.781. The highest BCUT2D eigenvalue weighted by molar-refractivity contribution is 5.60. The highest BCUT2D eigenvalue weighted by atomic mass is 16.5. The molecule has 0 heterocycles. The summed E-state index contributed by atoms with van der Waals surface area (Å²) >= 11 is 0. The van der Waals surface area contributed by atoms with E-state index in [1.807, 2.05) is 6.07 Å². The number of nitrogens with zero attached hydrogens (tertiary/aromatic N) is 3. The molecule has 1 rings (SSSR count). The molecule has 0 amide bonds. The number of quaternary nitrogens is 2. The lowest BCUT2D eigenvalue weighted by molar-refractivity contribution is -0.923. The SMILES string of the molecule is C[CH-][N+](CC)(CC)CCOCCOCCN(CCOCCOCC[N+](CC)(CC)CC)c1cc(C)ccc1OC. The zero-order valence-corrected chi connectivity index (χ0v) is 27.2. The Morgan fingerprint density at radius 1 is 0.675 bits per heavy atom. The lowest BCUT2D eigenvalue weighted by atomic mass is 10.2. The molecule has 1 aromatic carbocycles. The van der Waals surface area contributed by atoms with Crippen LogP contribution in [0.3, 0.4) is 0 Å². The summed E-state index contributed by atoms with van der Waals surface area (Å²) < 4.78 is 31.4. The Bertz CT molecular complexity index is 704. The van der Waals surface area contributed by atoms with Crippen LogP contribution in [0.25, 0.3) is 0 Å². The maximum atomic E-state index is 5.95. The summed E-state index contributed by atoms with van der Waals surface area (Å²) in [6.45, 7) is 32.2. The van der Waals surface area contributed by atoms with Gasteiger partial charge in [0.15, 0.2) is 0 Å². The molecule has 0 radical (unpaired) electrons. The van der Waals surface area contributed by atoms with Crippen LogP contribution in [0.5, 0.6) is 5.75 Å². The number of ether oxygens (including phenoxy) is 5. The summed E-state index contributed by atoms with van der Waals surface area (Å²) in [4.78, 5) is 2.29. The number of rotatable bonds is 26. The second-order valence-electron chi connectivity index (χ2n) is 10.5. The smallest absolute Gasteiger partial charge is 0.142 e. The molecule has 0 fully saturated rings. The Morgan fingerprint density at radius 3 is 1.62 bits per heavy atom. The van der Waals surface area contributed by atoms with E-state index in [9.17, 15) is 0 Å². The van der Waals surface area contributed by atoms with Gasteiger partial charge >= 0.3 is 0 Å². The van der Waals surface area contributed by atoms with Crippen molar-refractivity contribution in [2.24, 2.45) is 0 Å². The third kappa shape index (κ3) is 13.0. The molecule has 1 aromatic rings. The highest BCUT2D eigenvalue weighted by Gasteiger charge is 2.20. The molecule has 0 spiro atoms. The minimum Gasteiger partial charge on any atom is -0.495 e. The van der Waals surface area contributed by atoms with Crippen LogP contribution in [0.4, 0.5) is 5.69 Å². The molecule has 0 atom stereocenters. The second-order valence-corrected chi connectivity index (χ2v) is 10.5. The van der Waals surface area contributed by atoms with Gasteiger partial charge in [0, 0.05) is 13.1 Å². The molecular weight excluding hydrogens is 506 g/mol. The maximum Gasteiger partial charge on any atom is 0.142 e. The summed E-state index contributed by atoms with van der Waals surface area (Å²) in [7, 11) is 1.72. The van der Waals surface area contributed by atoms with Gasteiger partial charge in [0.05, 0.1) is 105 Å². The van der Waals surface area contributed by atoms with Gasteiger partial charge in [-0.1, -0.05) is 6.07 Å². The Labute approximate surface area is 246 Å². The molecule has 0 aliphatic carbocycles. The molecule has 0 saturated carbocycles. The van der Waals surface area contributed by atoms with Crippen LogP contribution >= 0.6 is 0 Å². The lowest BCUT2D eigenvalue weighted by Crippen LogP contribution is -2.49. The van der Waals surface area contributed by atoms with Crippen molar-refractivity contribution >= 4 is 5.69 Å². The number of hydrogen-bond acceptors (Lipinski definition) is 6. The first-order chi connectivity index (χ1) is 19.4. The van der Waals surface area contributed by atoms with Crippen molar-refractivity contribution < 1.29 is 32.7 Å². The lowest BCUT2D eigenvalue weighted by Gasteiger charge is -2.44. The number of anilines is 1. The van der Waals surface area contributed by atoms with Crippen LogP contribution in [-0.4, -0.2) is 128 Å². The van der Waals surface area contributed by atoms with Crippen molar-refractivity contribution in [2.45, 2.75) is 48.5 Å². The summed E-state index contributed by atoms with van der Waals surface area (Å²) in [5.74, 6) is 0.864. The number of methoxy groups -OCH3 is 1. The predicted molar refractivity (Wildman–Crippen MR) is 166 cm³/mol. The fourth-order valence-electron chi connectivity index (χ4n) is 5.08. The topological polar surface area (TPSA) is 49.4 Å². The molecule has 0 N–H and O–H groups in total. The van der Waals surface area contributed by atoms with Crippen LogP contribution in [0.15, 0.2) is 18.2 Å². The maximum absolute atomic E-state index is 5.95. The van der Waals surface area contributed by atoms with Crippen molar-refractivity contribution in [1.82, 2.24) is 0 Å². The molecule has 0 unspecified atom stereocenters. The molecule has 0 saturated heterocycles. The summed E-state index contributed by atoms with van der Waals surface area (Å²) in [5.41, 5.74) is 2.27. The number of benzene rings is 1. The monoisotopic (exact) mass is 568 g/mol. The van der Waals surface area contributed by atoms with Crippen molar-refractivity contribution in [2.75, 3.05) is 124 Å². The van der Waals surface area contributed by atoms with Crippen LogP contribution in [0.1, 0.15) is 47.1 Å². The molecule has 8 nitrogen and oxygen atoms in total. The fourth-order valence-corrected chi connectivity index (χ4v) is 5.08. The summed E-state index contributed by atoms with van der Waals surface area (Å²) in [5, 5.41) is 0. The zero-order chi connectivity index (χ0) is 29.7. The normalized spacial score (nSPS) is 12.2. The van der Waals surface area contributed by atoms with Gasteiger partial charge in [-0.2, -0.15) is 0 Å². The van der Waals surface area contributed by atoms with Crippen molar-refractivity contribution in [3.63, 3.8) is 0 Å². The van der Waals surface area contributed by atoms with E-state index >= 15 is 0 Å². The zero-order valence-electron chi connectivity index (χ0n) is 27.2. The van der Waals surface area contributed by atoms with E-state index in [1.54, 1.807) is 7.11 Å². The molecule has 0 aliphatic rings. The summed E-state index contributed by atoms with van der Waals surface area (Å²) in [6, 6.07) is 6.27. The average molecular weight is 569 g/mol. The van der Waals surface area contributed by atoms with E-state index in [4.69, 9.17) is 23.7 Å². The summed E-state index contributed by atoms with van der Waals surface area (Å²) in [6.07, 6.45) is 0. The minimum atomic E-state index is 0.592. The van der Waals surface area contributed by atoms with Gasteiger partial charge < -0.3 is 37.6 Å². The molecular formula is C32H62N3O5+. The first-order valence-electron chi connectivity index (χ1n) is 15.6. The van der Waals surface area contributed by atoms with E-state index in [1.165, 1.54) is 5.56 Å². The van der Waals surface area contributed by atoms with E-state index < -0.39 is 0 Å². The van der Waals surface area contributed by atoms with Crippen LogP contribution < -0.4 is 9.64 Å². The van der Waals surface area contributed by atoms with Gasteiger partial charge in [0.2, 0.25) is 0 Å². The Balaban J connectivity index is 2.44. The standard InChI is InChI=1S/C32H62N3O5/c1-9-34(10-2,11-3)19-23-39-27-25-37-21-17-33(31-29-30(7)15-16-32(31)36-8)18-22-38-26-28-40-24-20-35(12-4,13-5)14-6/h9,15-16,29H,10-14,17-28H2,1-8H3/q+1. The molecule has 40 heavy (non-hydrogen) atoms. The van der Waals surface area contributed by atoms with Crippen molar-refractivity contribution in [3.05, 3.63) is 30.3 Å². The van der Waals surface area contributed by atoms with Crippen molar-refractivity contribution in [1.29, 1.82) is 0 Å². The first kappa shape index (κ1) is 36.6. The first-order valence-corrected chi connectivity index (χ1v) is 15.6. The van der Waals surface area contributed by atoms with Crippen LogP contribution in [-0.2, 0) is 18.9 Å². The van der Waals surface area contributed by atoms with Gasteiger partial charge in [-0.05, 0) is 59.2 Å². The van der Waals surface area contributed by atoms with Gasteiger partial charge in [0.1, 0.15) is 12.3 Å². The highest BCUT2D eigenvalue weighted by Crippen LogP contribution is 2.29. The van der Waals surface area contributed by atoms with E-state index in [2.05, 4.69) is 72.0 Å². The molecule has 0 aromatic heterocycles. The minimum absolute atomic E-state index is 0.592. The largest absolute Gasteiger partial charge is 0.495 e. The van der Waals surface area contributed by atoms with Gasteiger partial charge in [-0.15, -0.1) is 13.5 Å². The van der Waals surface area contributed by atoms with Gasteiger partial charge in [-0.3, -0.25) is 0 Å². The molecule has 0 bridgehead atoms. The third-order valence-electron chi connectivity index (χ3n) is 8.64. The van der Waals surface area contributed by atoms with E-state index in [0.29, 0.717) is 39.6 Å². The number of likely N-dealkylation sites (N-methyl/N-ethyl adjacent to an activating group) is 2. The van der Waals surface area contributed by atoms with Crippen molar-refractivity contribution in [3.8, 4) is 5.75 Å². The quantitative estimate of drug-likeness (QED) is 0.0910. The van der Waals surface area contributed by atoms with E-state index in [-0.39, 0.29) is 0 Å². The third-order valence-corrected chi connectivity index (χ3v) is 8.64. The Morgan fingerprint density at radius 2 is 1.18 bits per heavy atom. The average Bonchev–Trinajstić information content (AvgIpc) is 2.99. The Kier molecular flexibility index (Phi) is 19.5. The number of hydrogen-bond donors (Lipinski definition) is 0. The number of aryl methyl sites for hydroxylation is 1. The van der Waals surface area contributed by atoms with Gasteiger partial charge in [-0.25, -0.2) is 0 Å².